The fraction of sp³-hybridized carbons (Fsp3) is 0.921. The molecule has 1 aromatic carbocycles. The first-order valence-electron chi connectivity index (χ1n) is 35.9. The minimum absolute atomic E-state index is 0.752. The molecule has 0 bridgehead atoms. The van der Waals surface area contributed by atoms with Gasteiger partial charge in [-0.3, -0.25) is 0 Å². The first-order valence-corrected chi connectivity index (χ1v) is 38.0. The van der Waals surface area contributed by atoms with Gasteiger partial charge in [-0.15, -0.1) is 0 Å². The van der Waals surface area contributed by atoms with E-state index in [0.29, 0.717) is 0 Å². The third kappa shape index (κ3) is 46.5. The number of ether oxygens (including phenoxy) is 2. The maximum Gasteiger partial charge on any atom is 0.133 e. The maximum atomic E-state index is 6.81. The molecule has 4 heteroatoms. The number of halogens is 2. The molecule has 1 rings (SSSR count). The molecule has 0 aromatic heterocycles. The lowest BCUT2D eigenvalue weighted by molar-refractivity contribution is 0.243. The van der Waals surface area contributed by atoms with Crippen molar-refractivity contribution in [2.24, 2.45) is 82.9 Å². The molecule has 0 aliphatic heterocycles. The van der Waals surface area contributed by atoms with Crippen LogP contribution in [-0.2, 0) is 0 Å². The fourth-order valence-electron chi connectivity index (χ4n) is 13.3. The standard InChI is InChI=1S/C76H144I2O2/c1-59(2)29-17-37-67(38-18-30-60(3)4)45-25-49-71(50-26-46-68(39-19-31-61(5)6)40-20-32-62(7)8)53-55-79-75-57-74(78)76(58-73(75)77)80-56-54-72(51-27-47-69(41-21-33-63(9)10)42-22-34-64(11)12)52-28-48-70(43-23-35-65(13)14)44-24-36-66(15)16/h57-72H,17-56H2,1-16H3. The van der Waals surface area contributed by atoms with E-state index in [-0.39, 0.29) is 0 Å². The minimum atomic E-state index is 0.752. The lowest BCUT2D eigenvalue weighted by atomic mass is 9.84. The maximum absolute atomic E-state index is 6.81. The third-order valence-corrected chi connectivity index (χ3v) is 20.3. The van der Waals surface area contributed by atoms with Crippen molar-refractivity contribution in [1.82, 2.24) is 0 Å². The van der Waals surface area contributed by atoms with Gasteiger partial charge in [0.05, 0.1) is 20.4 Å². The van der Waals surface area contributed by atoms with Gasteiger partial charge < -0.3 is 9.47 Å². The lowest BCUT2D eigenvalue weighted by Gasteiger charge is -2.23. The third-order valence-electron chi connectivity index (χ3n) is 18.6. The van der Waals surface area contributed by atoms with Crippen molar-refractivity contribution < 1.29 is 9.47 Å². The van der Waals surface area contributed by atoms with Crippen molar-refractivity contribution in [2.75, 3.05) is 13.2 Å². The largest absolute Gasteiger partial charge is 0.492 e. The van der Waals surface area contributed by atoms with Crippen LogP contribution in [0.5, 0.6) is 11.5 Å². The van der Waals surface area contributed by atoms with E-state index in [1.165, 1.54) is 251 Å². The summed E-state index contributed by atoms with van der Waals surface area (Å²) >= 11 is 5.07. The molecule has 2 nitrogen and oxygen atoms in total. The van der Waals surface area contributed by atoms with Crippen LogP contribution in [0, 0.1) is 90.0 Å². The predicted octanol–water partition coefficient (Wildman–Crippen LogP) is 27.4. The molecular weight excluding hydrogens is 1200 g/mol. The van der Waals surface area contributed by atoms with E-state index in [0.717, 1.165) is 108 Å². The zero-order valence-corrected chi connectivity index (χ0v) is 61.4. The van der Waals surface area contributed by atoms with Crippen LogP contribution < -0.4 is 9.47 Å². The van der Waals surface area contributed by atoms with Gasteiger partial charge >= 0.3 is 0 Å². The van der Waals surface area contributed by atoms with E-state index >= 15 is 0 Å². The van der Waals surface area contributed by atoms with Crippen LogP contribution in [0.15, 0.2) is 12.1 Å². The van der Waals surface area contributed by atoms with Crippen molar-refractivity contribution in [3.05, 3.63) is 19.3 Å². The summed E-state index contributed by atoms with van der Waals surface area (Å²) in [6, 6.07) is 4.58. The Balaban J connectivity index is 3.17. The average Bonchev–Trinajstić information content (AvgIpc) is 3.35. The molecule has 0 unspecified atom stereocenters. The Morgan fingerprint density at radius 3 is 0.512 bits per heavy atom. The summed E-state index contributed by atoms with van der Waals surface area (Å²) in [6.07, 6.45) is 53.0. The Labute approximate surface area is 532 Å². The minimum Gasteiger partial charge on any atom is -0.492 e. The number of hydrogen-bond donors (Lipinski definition) is 0. The van der Waals surface area contributed by atoms with E-state index in [9.17, 15) is 0 Å². The Bertz CT molecular complexity index is 1270. The molecule has 0 aliphatic carbocycles. The zero-order valence-electron chi connectivity index (χ0n) is 57.1. The van der Waals surface area contributed by atoms with Crippen LogP contribution >= 0.6 is 45.2 Å². The number of rotatable bonds is 56. The lowest BCUT2D eigenvalue weighted by Crippen LogP contribution is -2.12. The molecular formula is C76H144I2O2. The quantitative estimate of drug-likeness (QED) is 0.0605. The number of benzene rings is 1. The summed E-state index contributed by atoms with van der Waals surface area (Å²) in [6.45, 7) is 40.1. The Hall–Kier alpha value is 0.280. The summed E-state index contributed by atoms with van der Waals surface area (Å²) in [5, 5.41) is 0. The zero-order chi connectivity index (χ0) is 59.5. The van der Waals surface area contributed by atoms with Crippen LogP contribution in [0.1, 0.15) is 355 Å². The summed E-state index contributed by atoms with van der Waals surface area (Å²) in [5.41, 5.74) is 0. The van der Waals surface area contributed by atoms with Gasteiger partial charge in [-0.2, -0.15) is 0 Å². The van der Waals surface area contributed by atoms with E-state index in [1.54, 1.807) is 0 Å². The van der Waals surface area contributed by atoms with Gasteiger partial charge in [0.2, 0.25) is 0 Å². The molecule has 0 atom stereocenters. The highest BCUT2D eigenvalue weighted by Crippen LogP contribution is 2.36. The molecule has 80 heavy (non-hydrogen) atoms. The van der Waals surface area contributed by atoms with E-state index in [1.807, 2.05) is 0 Å². The SMILES string of the molecule is CC(C)CCCC(CCCC(C)C)CCCC(CCCC(CCCC(C)C)CCCC(C)C)CCOc1cc(I)c(OCCC(CCCC(CCCC(C)C)CCCC(C)C)CCCC(CCCC(C)C)CCCC(C)C)cc1I. The molecule has 0 heterocycles. The Morgan fingerprint density at radius 2 is 0.362 bits per heavy atom. The molecule has 0 aliphatic rings. The molecule has 0 fully saturated rings. The van der Waals surface area contributed by atoms with Gasteiger partial charge in [-0.05, 0) is 153 Å². The molecule has 0 spiro atoms. The van der Waals surface area contributed by atoms with Gasteiger partial charge in [-0.25, -0.2) is 0 Å². The van der Waals surface area contributed by atoms with Crippen LogP contribution in [0.3, 0.4) is 0 Å². The summed E-state index contributed by atoms with van der Waals surface area (Å²) in [7, 11) is 0. The molecule has 0 saturated carbocycles. The average molecular weight is 1340 g/mol. The van der Waals surface area contributed by atoms with Crippen LogP contribution in [0.4, 0.5) is 0 Å². The highest BCUT2D eigenvalue weighted by Gasteiger charge is 2.20. The molecule has 1 aromatic rings. The Morgan fingerprint density at radius 1 is 0.225 bits per heavy atom. The van der Waals surface area contributed by atoms with Gasteiger partial charge in [0.15, 0.2) is 0 Å². The van der Waals surface area contributed by atoms with Crippen LogP contribution in [0.2, 0.25) is 0 Å². The fourth-order valence-corrected chi connectivity index (χ4v) is 14.5. The first-order chi connectivity index (χ1) is 38.1. The first kappa shape index (κ1) is 78.3. The van der Waals surface area contributed by atoms with Crippen molar-refractivity contribution in [3.8, 4) is 11.5 Å². The normalized spacial score (nSPS) is 12.7. The molecule has 0 amide bonds. The second-order valence-electron chi connectivity index (χ2n) is 30.5. The molecule has 474 valence electrons. The second kappa shape index (κ2) is 50.3. The molecule has 0 radical (unpaired) electrons. The van der Waals surface area contributed by atoms with Gasteiger partial charge in [0.1, 0.15) is 11.5 Å². The van der Waals surface area contributed by atoms with E-state index in [2.05, 4.69) is 168 Å². The van der Waals surface area contributed by atoms with Crippen molar-refractivity contribution in [3.63, 3.8) is 0 Å². The van der Waals surface area contributed by atoms with Gasteiger partial charge in [-0.1, -0.05) is 342 Å². The summed E-state index contributed by atoms with van der Waals surface area (Å²) in [4.78, 5) is 0. The highest BCUT2D eigenvalue weighted by molar-refractivity contribution is 14.1. The van der Waals surface area contributed by atoms with Crippen molar-refractivity contribution >= 4 is 45.2 Å². The molecule has 0 N–H and O–H groups in total. The Kier molecular flexibility index (Phi) is 49.2. The van der Waals surface area contributed by atoms with E-state index in [4.69, 9.17) is 9.47 Å². The predicted molar refractivity (Wildman–Crippen MR) is 378 cm³/mol. The smallest absolute Gasteiger partial charge is 0.133 e. The number of hydrogen-bond acceptors (Lipinski definition) is 2. The summed E-state index contributed by atoms with van der Waals surface area (Å²) in [5.74, 6) is 13.8. The van der Waals surface area contributed by atoms with E-state index < -0.39 is 0 Å². The van der Waals surface area contributed by atoms with Crippen molar-refractivity contribution in [2.45, 2.75) is 355 Å². The highest BCUT2D eigenvalue weighted by atomic mass is 127. The van der Waals surface area contributed by atoms with Gasteiger partial charge in [0, 0.05) is 0 Å². The topological polar surface area (TPSA) is 18.5 Å². The van der Waals surface area contributed by atoms with Crippen molar-refractivity contribution in [1.29, 1.82) is 0 Å². The van der Waals surface area contributed by atoms with Crippen LogP contribution in [0.25, 0.3) is 0 Å². The monoisotopic (exact) mass is 1340 g/mol. The molecule has 0 saturated heterocycles. The van der Waals surface area contributed by atoms with Gasteiger partial charge in [0.25, 0.3) is 0 Å². The summed E-state index contributed by atoms with van der Waals surface area (Å²) < 4.78 is 16.0. The van der Waals surface area contributed by atoms with Crippen LogP contribution in [-0.4, -0.2) is 13.2 Å². The second-order valence-corrected chi connectivity index (χ2v) is 32.8.